The van der Waals surface area contributed by atoms with Gasteiger partial charge in [0.2, 0.25) is 11.7 Å². The molecule has 70 valence electrons. The number of hydrogen-bond acceptors (Lipinski definition) is 4. The molecule has 0 aromatic heterocycles. The van der Waals surface area contributed by atoms with Gasteiger partial charge in [0.1, 0.15) is 0 Å². The molecule has 0 aromatic carbocycles. The quantitative estimate of drug-likeness (QED) is 0.201. The van der Waals surface area contributed by atoms with Crippen LogP contribution in [0.3, 0.4) is 0 Å². The molecule has 11 heavy (non-hydrogen) atoms. The van der Waals surface area contributed by atoms with Crippen LogP contribution < -0.4 is 11.5 Å². The standard InChI is InChI=1S/C2H6N4O2.2ClH.Pt/c3-1(5-7)2(4)6-8;;;/h7-8H,(H2,3,5)(H2,4,6);2*1H;/q;;;+2/p-2. The molecule has 0 aromatic rings. The SMILES string of the molecule is NC(=N\O)/C(N)=N/O.[Cl][Pt][Cl]. The molecule has 0 fully saturated rings. The van der Waals surface area contributed by atoms with E-state index in [1.165, 1.54) is 0 Å². The van der Waals surface area contributed by atoms with Crippen LogP contribution in [0, 0.1) is 0 Å². The molecular weight excluding hydrogens is 378 g/mol. The van der Waals surface area contributed by atoms with Crippen LogP contribution in [0.4, 0.5) is 0 Å². The Hall–Kier alpha value is -0.192. The second-order valence-corrected chi connectivity index (χ2v) is 4.30. The summed E-state index contributed by atoms with van der Waals surface area (Å²) in [6.45, 7) is 0. The van der Waals surface area contributed by atoms with Crippen molar-refractivity contribution in [3.8, 4) is 0 Å². The molecule has 0 aliphatic rings. The number of amidine groups is 2. The number of oxime groups is 2. The fraction of sp³-hybridized carbons (Fsp3) is 0. The Bertz CT molecular complexity index is 135. The van der Waals surface area contributed by atoms with Crippen LogP contribution in [0.15, 0.2) is 10.3 Å². The summed E-state index contributed by atoms with van der Waals surface area (Å²) >= 11 is -0.472. The summed E-state index contributed by atoms with van der Waals surface area (Å²) in [7, 11) is 9.75. The van der Waals surface area contributed by atoms with Crippen molar-refractivity contribution in [1.82, 2.24) is 0 Å². The first kappa shape index (κ1) is 13.4. The minimum atomic E-state index is -0.472. The van der Waals surface area contributed by atoms with Crippen LogP contribution in [0.1, 0.15) is 0 Å². The summed E-state index contributed by atoms with van der Waals surface area (Å²) in [6, 6.07) is 0. The molecule has 0 aliphatic heterocycles. The zero-order valence-corrected chi connectivity index (χ0v) is 8.80. The van der Waals surface area contributed by atoms with Gasteiger partial charge in [-0.05, 0) is 0 Å². The second-order valence-electron chi connectivity index (χ2n) is 1.02. The van der Waals surface area contributed by atoms with Crippen LogP contribution in [0.5, 0.6) is 0 Å². The number of nitrogens with two attached hydrogens (primary N) is 2. The van der Waals surface area contributed by atoms with Crippen molar-refractivity contribution >= 4 is 30.5 Å². The molecule has 0 saturated heterocycles. The topological polar surface area (TPSA) is 117 Å². The van der Waals surface area contributed by atoms with Gasteiger partial charge in [0, 0.05) is 0 Å². The summed E-state index contributed by atoms with van der Waals surface area (Å²) in [4.78, 5) is 0. The maximum absolute atomic E-state index is 7.83. The van der Waals surface area contributed by atoms with Crippen LogP contribution in [0.25, 0.3) is 0 Å². The Morgan fingerprint density at radius 1 is 1.09 bits per heavy atom. The summed E-state index contributed by atoms with van der Waals surface area (Å²) in [5.41, 5.74) is 9.62. The third-order valence-corrected chi connectivity index (χ3v) is 0.478. The summed E-state index contributed by atoms with van der Waals surface area (Å²) in [6.07, 6.45) is 0. The van der Waals surface area contributed by atoms with Crippen molar-refractivity contribution < 1.29 is 26.9 Å². The van der Waals surface area contributed by atoms with Gasteiger partial charge < -0.3 is 21.9 Å². The van der Waals surface area contributed by atoms with Gasteiger partial charge in [0.05, 0.1) is 0 Å². The van der Waals surface area contributed by atoms with Crippen LogP contribution in [-0.4, -0.2) is 22.1 Å². The molecule has 0 rings (SSSR count). The summed E-state index contributed by atoms with van der Waals surface area (Å²) < 4.78 is 0. The van der Waals surface area contributed by atoms with Gasteiger partial charge in [-0.2, -0.15) is 0 Å². The van der Waals surface area contributed by atoms with E-state index >= 15 is 0 Å². The minimum absolute atomic E-state index is 0.410. The summed E-state index contributed by atoms with van der Waals surface area (Å²) in [5.74, 6) is -0.819. The van der Waals surface area contributed by atoms with E-state index in [9.17, 15) is 0 Å². The van der Waals surface area contributed by atoms with Gasteiger partial charge in [-0.3, -0.25) is 0 Å². The molecule has 6 N–H and O–H groups in total. The van der Waals surface area contributed by atoms with Gasteiger partial charge >= 0.3 is 35.3 Å². The van der Waals surface area contributed by atoms with Gasteiger partial charge in [-0.15, -0.1) is 0 Å². The van der Waals surface area contributed by atoms with Gasteiger partial charge in [0.15, 0.2) is 0 Å². The van der Waals surface area contributed by atoms with E-state index < -0.39 is 28.2 Å². The van der Waals surface area contributed by atoms with Gasteiger partial charge in [0.25, 0.3) is 0 Å². The maximum atomic E-state index is 7.83. The molecule has 9 heteroatoms. The Morgan fingerprint density at radius 2 is 1.27 bits per heavy atom. The van der Waals surface area contributed by atoms with Crippen molar-refractivity contribution in [1.29, 1.82) is 0 Å². The molecule has 0 unspecified atom stereocenters. The van der Waals surface area contributed by atoms with E-state index in [1.807, 2.05) is 0 Å². The number of rotatable bonds is 0. The molecule has 0 amide bonds. The average Bonchev–Trinajstić information content (AvgIpc) is 2.03. The van der Waals surface area contributed by atoms with Crippen molar-refractivity contribution in [2.45, 2.75) is 0 Å². The third kappa shape index (κ3) is 9.81. The average molecular weight is 384 g/mol. The number of hydrogen-bond donors (Lipinski definition) is 4. The van der Waals surface area contributed by atoms with Crippen molar-refractivity contribution in [2.75, 3.05) is 0 Å². The second kappa shape index (κ2) is 9.81. The van der Waals surface area contributed by atoms with Crippen LogP contribution in [-0.2, 0) is 16.5 Å². The fourth-order valence-electron chi connectivity index (χ4n) is 0.102. The third-order valence-electron chi connectivity index (χ3n) is 0.478. The van der Waals surface area contributed by atoms with E-state index in [1.54, 1.807) is 0 Å². The Labute approximate surface area is 79.2 Å². The van der Waals surface area contributed by atoms with Crippen molar-refractivity contribution in [3.63, 3.8) is 0 Å². The van der Waals surface area contributed by atoms with Crippen molar-refractivity contribution in [2.24, 2.45) is 21.8 Å². The Kier molecular flexibility index (Phi) is 11.9. The van der Waals surface area contributed by atoms with Crippen LogP contribution in [0.2, 0.25) is 0 Å². The van der Waals surface area contributed by atoms with E-state index in [0.29, 0.717) is 0 Å². The predicted octanol–water partition coefficient (Wildman–Crippen LogP) is -0.144. The zero-order valence-electron chi connectivity index (χ0n) is 5.02. The molecule has 6 nitrogen and oxygen atoms in total. The summed E-state index contributed by atoms with van der Waals surface area (Å²) in [5, 5.41) is 20.5. The van der Waals surface area contributed by atoms with Gasteiger partial charge in [-0.25, -0.2) is 0 Å². The monoisotopic (exact) mass is 383 g/mol. The number of halogens is 2. The van der Waals surface area contributed by atoms with E-state index in [2.05, 4.69) is 10.3 Å². The Balaban J connectivity index is 0. The molecule has 0 spiro atoms. The normalized spacial score (nSPS) is 12.2. The molecular formula is C2H6Cl2N4O2Pt. The first-order valence-corrected chi connectivity index (χ1v) is 7.54. The molecule has 0 saturated carbocycles. The Morgan fingerprint density at radius 3 is 1.36 bits per heavy atom. The molecule has 0 bridgehead atoms. The first-order chi connectivity index (χ1) is 5.13. The molecule has 0 radical (unpaired) electrons. The van der Waals surface area contributed by atoms with Crippen LogP contribution >= 0.6 is 18.8 Å². The first-order valence-electron chi connectivity index (χ1n) is 1.91. The molecule has 0 aliphatic carbocycles. The number of nitrogens with zero attached hydrogens (tertiary/aromatic N) is 2. The fourth-order valence-corrected chi connectivity index (χ4v) is 0.102. The molecule has 0 heterocycles. The van der Waals surface area contributed by atoms with E-state index in [-0.39, 0.29) is 0 Å². The van der Waals surface area contributed by atoms with Gasteiger partial charge in [-0.1, -0.05) is 10.3 Å². The van der Waals surface area contributed by atoms with Crippen molar-refractivity contribution in [3.05, 3.63) is 0 Å². The van der Waals surface area contributed by atoms with E-state index in [0.717, 1.165) is 0 Å². The van der Waals surface area contributed by atoms with E-state index in [4.69, 9.17) is 40.7 Å². The molecule has 0 atom stereocenters. The predicted molar refractivity (Wildman–Crippen MR) is 38.5 cm³/mol. The zero-order chi connectivity index (χ0) is 9.28.